The minimum absolute atomic E-state index is 0.0552. The normalized spacial score (nSPS) is 17.3. The van der Waals surface area contributed by atoms with Crippen molar-refractivity contribution < 1.29 is 10.0 Å². The van der Waals surface area contributed by atoms with Gasteiger partial charge in [-0.1, -0.05) is 25.3 Å². The van der Waals surface area contributed by atoms with Gasteiger partial charge in [0.15, 0.2) is 0 Å². The second kappa shape index (κ2) is 5.85. The van der Waals surface area contributed by atoms with Gasteiger partial charge in [0, 0.05) is 17.3 Å². The number of hydrogen-bond acceptors (Lipinski definition) is 3. The van der Waals surface area contributed by atoms with Crippen LogP contribution in [0.5, 0.6) is 0 Å². The van der Waals surface area contributed by atoms with Crippen LogP contribution in [0.1, 0.15) is 37.0 Å². The molecule has 1 saturated carbocycles. The fraction of sp³-hybridized carbons (Fsp3) is 0.375. The van der Waals surface area contributed by atoms with Crippen molar-refractivity contribution in [3.8, 4) is 0 Å². The van der Waals surface area contributed by atoms with Crippen LogP contribution in [-0.4, -0.2) is 15.8 Å². The number of thiophene rings is 1. The number of rotatable bonds is 2. The SMILES string of the molecule is O=C(N=c1ccn(O)cc1)C1(c2cccs2)CCCCC1. The first kappa shape index (κ1) is 14.1. The number of hydrogen-bond donors (Lipinski definition) is 1. The molecule has 1 fully saturated rings. The van der Waals surface area contributed by atoms with E-state index in [2.05, 4.69) is 11.1 Å². The molecule has 0 saturated heterocycles. The average molecular weight is 302 g/mol. The standard InChI is InChI=1S/C16H18N2O2S/c19-15(17-13-6-10-18(20)11-7-13)16(8-2-1-3-9-16)14-5-4-12-21-14/h4-7,10-12,20H,1-3,8-9H2. The van der Waals surface area contributed by atoms with Crippen LogP contribution in [0.15, 0.2) is 47.0 Å². The third-order valence-electron chi connectivity index (χ3n) is 4.14. The van der Waals surface area contributed by atoms with Gasteiger partial charge in [-0.25, -0.2) is 9.72 Å². The van der Waals surface area contributed by atoms with Gasteiger partial charge in [0.05, 0.1) is 10.8 Å². The summed E-state index contributed by atoms with van der Waals surface area (Å²) in [6, 6.07) is 7.34. The maximum Gasteiger partial charge on any atom is 0.257 e. The zero-order chi connectivity index (χ0) is 14.7. The second-order valence-corrected chi connectivity index (χ2v) is 6.42. The highest BCUT2D eigenvalue weighted by Crippen LogP contribution is 2.42. The van der Waals surface area contributed by atoms with Crippen LogP contribution in [0.3, 0.4) is 0 Å². The third kappa shape index (κ3) is 2.78. The Labute approximate surface area is 127 Å². The highest BCUT2D eigenvalue weighted by atomic mass is 32.1. The van der Waals surface area contributed by atoms with Gasteiger partial charge in [0.25, 0.3) is 5.91 Å². The van der Waals surface area contributed by atoms with Crippen molar-refractivity contribution in [2.75, 3.05) is 0 Å². The monoisotopic (exact) mass is 302 g/mol. The van der Waals surface area contributed by atoms with Crippen molar-refractivity contribution in [2.24, 2.45) is 4.99 Å². The van der Waals surface area contributed by atoms with Crippen LogP contribution in [-0.2, 0) is 10.2 Å². The van der Waals surface area contributed by atoms with Crippen LogP contribution < -0.4 is 5.36 Å². The molecule has 2 heterocycles. The molecule has 3 rings (SSSR count). The molecule has 1 aliphatic rings. The van der Waals surface area contributed by atoms with Crippen molar-refractivity contribution in [1.29, 1.82) is 0 Å². The summed E-state index contributed by atoms with van der Waals surface area (Å²) in [5, 5.41) is 11.8. The van der Waals surface area contributed by atoms with Gasteiger partial charge in [-0.05, 0) is 36.4 Å². The van der Waals surface area contributed by atoms with Crippen LogP contribution >= 0.6 is 11.3 Å². The Hall–Kier alpha value is -1.88. The minimum Gasteiger partial charge on any atom is -0.429 e. The molecule has 5 heteroatoms. The Bertz CT molecular complexity index is 662. The van der Waals surface area contributed by atoms with Gasteiger partial charge >= 0.3 is 0 Å². The zero-order valence-corrected chi connectivity index (χ0v) is 12.6. The molecule has 0 aliphatic heterocycles. The van der Waals surface area contributed by atoms with E-state index in [1.807, 2.05) is 11.4 Å². The summed E-state index contributed by atoms with van der Waals surface area (Å²) in [4.78, 5) is 18.3. The van der Waals surface area contributed by atoms with Crippen molar-refractivity contribution in [1.82, 2.24) is 4.73 Å². The highest BCUT2D eigenvalue weighted by molar-refractivity contribution is 7.10. The molecular weight excluding hydrogens is 284 g/mol. The lowest BCUT2D eigenvalue weighted by Crippen LogP contribution is -2.37. The van der Waals surface area contributed by atoms with E-state index in [0.717, 1.165) is 35.3 Å². The first-order valence-corrected chi connectivity index (χ1v) is 8.09. The largest absolute Gasteiger partial charge is 0.429 e. The van der Waals surface area contributed by atoms with Crippen LogP contribution in [0.25, 0.3) is 0 Å². The topological polar surface area (TPSA) is 54.6 Å². The lowest BCUT2D eigenvalue weighted by Gasteiger charge is -2.33. The molecule has 2 aromatic rings. The number of nitrogens with zero attached hydrogens (tertiary/aromatic N) is 2. The molecule has 2 aromatic heterocycles. The molecular formula is C16H18N2O2S. The van der Waals surface area contributed by atoms with E-state index in [4.69, 9.17) is 0 Å². The smallest absolute Gasteiger partial charge is 0.257 e. The second-order valence-electron chi connectivity index (χ2n) is 5.47. The van der Waals surface area contributed by atoms with Crippen LogP contribution in [0.4, 0.5) is 0 Å². The summed E-state index contributed by atoms with van der Waals surface area (Å²) in [6.45, 7) is 0. The quantitative estimate of drug-likeness (QED) is 0.867. The summed E-state index contributed by atoms with van der Waals surface area (Å²) in [6.07, 6.45) is 8.05. The number of pyridine rings is 1. The number of carbonyl (C=O) groups excluding carboxylic acids is 1. The fourth-order valence-corrected chi connectivity index (χ4v) is 3.96. The van der Waals surface area contributed by atoms with Gasteiger partial charge in [-0.3, -0.25) is 4.79 Å². The van der Waals surface area contributed by atoms with Gasteiger partial charge in [0.2, 0.25) is 0 Å². The van der Waals surface area contributed by atoms with Crippen molar-refractivity contribution in [3.63, 3.8) is 0 Å². The maximum atomic E-state index is 12.8. The van der Waals surface area contributed by atoms with Crippen molar-refractivity contribution >= 4 is 17.2 Å². The van der Waals surface area contributed by atoms with E-state index in [1.54, 1.807) is 23.5 Å². The van der Waals surface area contributed by atoms with Crippen LogP contribution in [0.2, 0.25) is 0 Å². The predicted octanol–water partition coefficient (Wildman–Crippen LogP) is 3.12. The minimum atomic E-state index is -0.447. The molecule has 0 spiro atoms. The Balaban J connectivity index is 1.99. The summed E-state index contributed by atoms with van der Waals surface area (Å²) in [5.74, 6) is -0.0552. The maximum absolute atomic E-state index is 12.8. The molecule has 4 nitrogen and oxygen atoms in total. The number of aromatic nitrogens is 1. The summed E-state index contributed by atoms with van der Waals surface area (Å²) in [7, 11) is 0. The molecule has 21 heavy (non-hydrogen) atoms. The summed E-state index contributed by atoms with van der Waals surface area (Å²) >= 11 is 1.64. The average Bonchev–Trinajstić information content (AvgIpc) is 3.05. The number of amides is 1. The molecule has 0 aromatic carbocycles. The molecule has 0 unspecified atom stereocenters. The first-order valence-electron chi connectivity index (χ1n) is 7.21. The molecule has 1 aliphatic carbocycles. The van der Waals surface area contributed by atoms with Gasteiger partial charge in [0.1, 0.15) is 0 Å². The van der Waals surface area contributed by atoms with Crippen LogP contribution in [0, 0.1) is 0 Å². The number of carbonyl (C=O) groups is 1. The van der Waals surface area contributed by atoms with E-state index in [-0.39, 0.29) is 5.91 Å². The van der Waals surface area contributed by atoms with Gasteiger partial charge in [-0.15, -0.1) is 11.3 Å². The molecule has 1 amide bonds. The van der Waals surface area contributed by atoms with E-state index in [0.29, 0.717) is 5.36 Å². The summed E-state index contributed by atoms with van der Waals surface area (Å²) in [5.41, 5.74) is -0.447. The Morgan fingerprint density at radius 3 is 2.52 bits per heavy atom. The Kier molecular flexibility index (Phi) is 3.92. The van der Waals surface area contributed by atoms with E-state index < -0.39 is 5.41 Å². The van der Waals surface area contributed by atoms with Crippen molar-refractivity contribution in [3.05, 3.63) is 52.3 Å². The Morgan fingerprint density at radius 2 is 1.90 bits per heavy atom. The fourth-order valence-electron chi connectivity index (χ4n) is 2.98. The van der Waals surface area contributed by atoms with E-state index in [1.165, 1.54) is 18.8 Å². The Morgan fingerprint density at radius 1 is 1.19 bits per heavy atom. The lowest BCUT2D eigenvalue weighted by molar-refractivity contribution is -0.124. The molecule has 110 valence electrons. The predicted molar refractivity (Wildman–Crippen MR) is 81.3 cm³/mol. The zero-order valence-electron chi connectivity index (χ0n) is 11.7. The summed E-state index contributed by atoms with van der Waals surface area (Å²) < 4.78 is 0.944. The van der Waals surface area contributed by atoms with E-state index >= 15 is 0 Å². The molecule has 0 bridgehead atoms. The van der Waals surface area contributed by atoms with Gasteiger partial charge in [-0.2, -0.15) is 0 Å². The van der Waals surface area contributed by atoms with Gasteiger partial charge < -0.3 is 5.21 Å². The third-order valence-corrected chi connectivity index (χ3v) is 5.21. The highest BCUT2D eigenvalue weighted by Gasteiger charge is 2.41. The first-order chi connectivity index (χ1) is 10.2. The molecule has 0 radical (unpaired) electrons. The van der Waals surface area contributed by atoms with Crippen molar-refractivity contribution in [2.45, 2.75) is 37.5 Å². The lowest BCUT2D eigenvalue weighted by atomic mass is 9.72. The molecule has 1 N–H and O–H groups in total. The van der Waals surface area contributed by atoms with E-state index in [9.17, 15) is 10.0 Å². The molecule has 0 atom stereocenters.